The molecule has 2 amide bonds. The van der Waals surface area contributed by atoms with Crippen molar-refractivity contribution in [2.45, 2.75) is 148 Å². The Morgan fingerprint density at radius 1 is 0.973 bits per heavy atom. The Hall–Kier alpha value is -4.69. The van der Waals surface area contributed by atoms with Gasteiger partial charge in [0, 0.05) is 98.5 Å². The molecule has 10 rings (SSSR count). The molecule has 5 fully saturated rings. The summed E-state index contributed by atoms with van der Waals surface area (Å²) in [6, 6.07) is 7.23. The Bertz CT molecular complexity index is 2610. The van der Waals surface area contributed by atoms with Crippen LogP contribution in [0.3, 0.4) is 0 Å². The zero-order chi connectivity index (χ0) is 51.0. The molecule has 0 radical (unpaired) electrons. The van der Waals surface area contributed by atoms with Gasteiger partial charge in [-0.15, -0.1) is 11.3 Å². The first-order chi connectivity index (χ1) is 35.1. The summed E-state index contributed by atoms with van der Waals surface area (Å²) in [5, 5.41) is 8.35. The summed E-state index contributed by atoms with van der Waals surface area (Å²) in [6.07, 6.45) is 9.01. The van der Waals surface area contributed by atoms with Crippen LogP contribution in [0.15, 0.2) is 35.8 Å². The van der Waals surface area contributed by atoms with Gasteiger partial charge in [-0.2, -0.15) is 0 Å². The molecule has 1 aliphatic carbocycles. The highest BCUT2D eigenvalue weighted by molar-refractivity contribution is 7.10. The van der Waals surface area contributed by atoms with Gasteiger partial charge < -0.3 is 38.5 Å². The average Bonchev–Trinajstić information content (AvgIpc) is 3.73. The predicted molar refractivity (Wildman–Crippen MR) is 281 cm³/mol. The van der Waals surface area contributed by atoms with E-state index in [0.29, 0.717) is 57.2 Å². The lowest BCUT2D eigenvalue weighted by atomic mass is 9.84. The van der Waals surface area contributed by atoms with Gasteiger partial charge >= 0.3 is 12.1 Å². The number of likely N-dealkylation sites (tertiary alicyclic amines) is 1. The van der Waals surface area contributed by atoms with E-state index < -0.39 is 41.2 Å². The molecule has 4 aromatic rings. The molecule has 73 heavy (non-hydrogen) atoms. The molecule has 0 unspecified atom stereocenters. The number of amides is 2. The first-order valence-electron chi connectivity index (χ1n) is 26.9. The molecule has 18 heteroatoms. The number of methoxy groups -OCH3 is 1. The smallest absolute Gasteiger partial charge is 0.408 e. The number of fused-ring (bicyclic) bond motifs is 6. The van der Waals surface area contributed by atoms with Crippen LogP contribution in [0.25, 0.3) is 33.4 Å². The number of carbonyl (C=O) groups is 3. The van der Waals surface area contributed by atoms with Gasteiger partial charge in [0.05, 0.1) is 60.4 Å². The molecule has 4 atom stereocenters. The van der Waals surface area contributed by atoms with E-state index in [1.165, 1.54) is 29.2 Å². The van der Waals surface area contributed by atoms with Crippen molar-refractivity contribution in [1.82, 2.24) is 40.1 Å². The lowest BCUT2D eigenvalue weighted by Gasteiger charge is -2.39. The second-order valence-corrected chi connectivity index (χ2v) is 23.7. The zero-order valence-corrected chi connectivity index (χ0v) is 44.9. The maximum atomic E-state index is 15.0. The van der Waals surface area contributed by atoms with Crippen LogP contribution in [0.1, 0.15) is 121 Å². The Labute approximate surface area is 434 Å². The number of aromatic nitrogens is 3. The quantitative estimate of drug-likeness (QED) is 0.141. The lowest BCUT2D eigenvalue weighted by molar-refractivity contribution is -0.155. The van der Waals surface area contributed by atoms with Crippen LogP contribution in [0.2, 0.25) is 0 Å². The monoisotopic (exact) mass is 1020 g/mol. The van der Waals surface area contributed by atoms with Gasteiger partial charge in [-0.05, 0) is 122 Å². The number of esters is 1. The summed E-state index contributed by atoms with van der Waals surface area (Å²) >= 11 is 1.49. The number of hydrazine groups is 1. The van der Waals surface area contributed by atoms with E-state index in [-0.39, 0.29) is 24.7 Å². The van der Waals surface area contributed by atoms with Crippen LogP contribution in [-0.4, -0.2) is 156 Å². The summed E-state index contributed by atoms with van der Waals surface area (Å²) in [6.45, 7) is 20.2. The number of pyridine rings is 1. The van der Waals surface area contributed by atoms with Crippen molar-refractivity contribution in [2.24, 2.45) is 5.41 Å². The van der Waals surface area contributed by atoms with Gasteiger partial charge in [0.2, 0.25) is 0 Å². The van der Waals surface area contributed by atoms with Crippen molar-refractivity contribution in [3.05, 3.63) is 52.1 Å². The summed E-state index contributed by atoms with van der Waals surface area (Å²) in [5.41, 5.74) is 9.78. The van der Waals surface area contributed by atoms with Crippen LogP contribution in [0, 0.1) is 5.41 Å². The molecule has 8 heterocycles. The van der Waals surface area contributed by atoms with Crippen molar-refractivity contribution < 1.29 is 38.1 Å². The number of nitrogens with zero attached hydrogens (tertiary/aromatic N) is 7. The van der Waals surface area contributed by atoms with Crippen LogP contribution < -0.4 is 15.6 Å². The fourth-order valence-electron chi connectivity index (χ4n) is 11.5. The highest BCUT2D eigenvalue weighted by atomic mass is 32.1. The van der Waals surface area contributed by atoms with E-state index in [4.69, 9.17) is 33.7 Å². The van der Waals surface area contributed by atoms with Crippen LogP contribution in [0.4, 0.5) is 10.5 Å². The van der Waals surface area contributed by atoms with E-state index in [1.54, 1.807) is 27.9 Å². The number of cyclic esters (lactones) is 1. The van der Waals surface area contributed by atoms with Crippen LogP contribution in [0.5, 0.6) is 0 Å². The molecule has 0 spiro atoms. The van der Waals surface area contributed by atoms with Gasteiger partial charge in [0.1, 0.15) is 22.7 Å². The number of anilines is 1. The first kappa shape index (κ1) is 51.8. The highest BCUT2D eigenvalue weighted by Gasteiger charge is 2.43. The van der Waals surface area contributed by atoms with E-state index in [9.17, 15) is 14.4 Å². The third-order valence-corrected chi connectivity index (χ3v) is 16.4. The largest absolute Gasteiger partial charge is 0.464 e. The van der Waals surface area contributed by atoms with Crippen molar-refractivity contribution in [1.29, 1.82) is 0 Å². The molecule has 6 aliphatic rings. The van der Waals surface area contributed by atoms with Gasteiger partial charge in [0.25, 0.3) is 5.91 Å². The van der Waals surface area contributed by atoms with Gasteiger partial charge in [-0.1, -0.05) is 19.9 Å². The second-order valence-electron chi connectivity index (χ2n) is 22.8. The normalized spacial score (nSPS) is 24.4. The molecular weight excluding hydrogens is 947 g/mol. The molecule has 1 aromatic carbocycles. The van der Waals surface area contributed by atoms with Gasteiger partial charge in [-0.25, -0.2) is 15.2 Å². The number of piperazine rings is 1. The molecule has 17 nitrogen and oxygen atoms in total. The molecule has 3 aromatic heterocycles. The zero-order valence-electron chi connectivity index (χ0n) is 44.1. The average molecular weight is 1020 g/mol. The van der Waals surface area contributed by atoms with Crippen molar-refractivity contribution in [3.63, 3.8) is 0 Å². The van der Waals surface area contributed by atoms with E-state index in [0.717, 1.165) is 121 Å². The number of benzene rings is 1. The van der Waals surface area contributed by atoms with Crippen molar-refractivity contribution in [3.8, 4) is 22.5 Å². The topological polar surface area (TPSA) is 165 Å². The van der Waals surface area contributed by atoms with E-state index >= 15 is 0 Å². The molecule has 396 valence electrons. The molecule has 4 saturated heterocycles. The minimum absolute atomic E-state index is 0.126. The van der Waals surface area contributed by atoms with Crippen molar-refractivity contribution in [2.75, 3.05) is 84.3 Å². The maximum absolute atomic E-state index is 15.0. The number of nitrogens with one attached hydrogen (secondary N) is 2. The third-order valence-electron chi connectivity index (χ3n) is 15.5. The number of alkyl carbamates (subject to hydrolysis) is 1. The number of hydrogen-bond donors (Lipinski definition) is 2. The third kappa shape index (κ3) is 11.8. The Balaban J connectivity index is 1.13. The standard InChI is InChI=1S/C55H77N9O8S/c1-35(68-7)46-41(30-38(32-56-46)61-23-21-60(22-24-61)37-13-14-37)48-42-31-55(5,6)34-71-52(66)43-11-10-20-64(59-43)51(65)47(58-53(67)72-54(2,3)4)49(62-18-8-9-19-62)50-57-44(33-73-50)36-12-15-45(40(42)29-36)63(48)25-28-70-39-16-26-69-27-17-39/h12,15,29-30,32-33,35,37,39,43,47,49,59H,8-11,13-14,16-28,31,34H2,1-7H3,(H,58,67)/t35-,43-,47-,49-/m0/s1. The van der Waals surface area contributed by atoms with Gasteiger partial charge in [0.15, 0.2) is 0 Å². The lowest BCUT2D eigenvalue weighted by Crippen LogP contribution is -2.62. The fraction of sp³-hybridized carbons (Fsp3) is 0.655. The van der Waals surface area contributed by atoms with Crippen LogP contribution in [-0.2, 0) is 46.2 Å². The minimum Gasteiger partial charge on any atom is -0.464 e. The van der Waals surface area contributed by atoms with Crippen LogP contribution >= 0.6 is 11.3 Å². The molecule has 2 N–H and O–H groups in total. The fourth-order valence-corrected chi connectivity index (χ4v) is 12.5. The SMILES string of the molecule is CO[C@@H](C)c1ncc(N2CCN(C3CC3)CC2)cc1-c1c2c3cc(ccc3n1CCOC1CCOCC1)-c1csc(n1)[C@@H](N1CCCC1)[C@H](NC(=O)OC(C)(C)C)C(=O)N1CCC[C@H](N1)C(=O)OCC(C)(C)C2. The molecule has 1 saturated carbocycles. The summed E-state index contributed by atoms with van der Waals surface area (Å²) in [7, 11) is 1.74. The molecular formula is C55H77N9O8S. The highest BCUT2D eigenvalue weighted by Crippen LogP contribution is 2.44. The number of hydrogen-bond acceptors (Lipinski definition) is 15. The maximum Gasteiger partial charge on any atom is 0.408 e. The van der Waals surface area contributed by atoms with E-state index in [2.05, 4.69) is 80.4 Å². The van der Waals surface area contributed by atoms with Gasteiger partial charge in [-0.3, -0.25) is 29.4 Å². The number of ether oxygens (including phenoxy) is 5. The Kier molecular flexibility index (Phi) is 15.5. The Morgan fingerprint density at radius 2 is 1.74 bits per heavy atom. The van der Waals surface area contributed by atoms with Crippen molar-refractivity contribution >= 4 is 45.9 Å². The predicted octanol–water partition coefficient (Wildman–Crippen LogP) is 7.67. The number of carbonyl (C=O) groups excluding carboxylic acids is 3. The number of thiazole rings is 1. The first-order valence-corrected chi connectivity index (χ1v) is 27.8. The van der Waals surface area contributed by atoms with E-state index in [1.807, 2.05) is 6.20 Å². The Morgan fingerprint density at radius 3 is 2.47 bits per heavy atom. The minimum atomic E-state index is -1.07. The summed E-state index contributed by atoms with van der Waals surface area (Å²) in [5.74, 6) is -0.783. The molecule has 5 aliphatic heterocycles. The molecule has 6 bridgehead atoms. The second kappa shape index (κ2) is 21.9. The number of rotatable bonds is 11. The summed E-state index contributed by atoms with van der Waals surface area (Å²) in [4.78, 5) is 61.0. The summed E-state index contributed by atoms with van der Waals surface area (Å²) < 4.78 is 33.0.